The highest BCUT2D eigenvalue weighted by atomic mass is 16.5. The van der Waals surface area contributed by atoms with E-state index in [1.807, 2.05) is 30.3 Å². The Labute approximate surface area is 164 Å². The first-order valence-corrected chi connectivity index (χ1v) is 9.49. The normalized spacial score (nSPS) is 23.0. The third-order valence-corrected chi connectivity index (χ3v) is 5.67. The summed E-state index contributed by atoms with van der Waals surface area (Å²) in [5.74, 6) is 1.23. The topological polar surface area (TPSA) is 66.0 Å². The Balaban J connectivity index is 1.86. The lowest BCUT2D eigenvalue weighted by Crippen LogP contribution is -2.37. The highest BCUT2D eigenvalue weighted by Crippen LogP contribution is 2.52. The van der Waals surface area contributed by atoms with Gasteiger partial charge < -0.3 is 24.3 Å². The SMILES string of the molecule is COC(=O)c1cccc2c1N[C@@H](c1cccc(OC)c1OC)[C@H]1CCCO[C@@H]21. The zero-order valence-electron chi connectivity index (χ0n) is 16.4. The number of carbonyl (C=O) groups is 1. The minimum absolute atomic E-state index is 0.0753. The van der Waals surface area contributed by atoms with Crippen molar-refractivity contribution < 1.29 is 23.7 Å². The van der Waals surface area contributed by atoms with Crippen LogP contribution in [0.2, 0.25) is 0 Å². The van der Waals surface area contributed by atoms with E-state index in [4.69, 9.17) is 18.9 Å². The molecule has 1 saturated heterocycles. The number of hydrogen-bond donors (Lipinski definition) is 1. The minimum Gasteiger partial charge on any atom is -0.493 e. The third-order valence-electron chi connectivity index (χ3n) is 5.67. The van der Waals surface area contributed by atoms with E-state index in [2.05, 4.69) is 5.32 Å². The predicted octanol–water partition coefficient (Wildman–Crippen LogP) is 4.12. The van der Waals surface area contributed by atoms with E-state index in [1.54, 1.807) is 20.3 Å². The molecule has 0 aliphatic carbocycles. The molecule has 2 aromatic rings. The number of esters is 1. The van der Waals surface area contributed by atoms with Crippen molar-refractivity contribution in [2.75, 3.05) is 33.3 Å². The number of hydrogen-bond acceptors (Lipinski definition) is 6. The van der Waals surface area contributed by atoms with E-state index in [-0.39, 0.29) is 24.0 Å². The van der Waals surface area contributed by atoms with Crippen LogP contribution in [0.3, 0.4) is 0 Å². The molecule has 2 aromatic carbocycles. The van der Waals surface area contributed by atoms with Crippen LogP contribution in [0.4, 0.5) is 5.69 Å². The molecular formula is C22H25NO5. The van der Waals surface area contributed by atoms with Crippen molar-refractivity contribution in [3.63, 3.8) is 0 Å². The van der Waals surface area contributed by atoms with E-state index in [1.165, 1.54) is 7.11 Å². The fourth-order valence-corrected chi connectivity index (χ4v) is 4.44. The molecule has 1 fully saturated rings. The summed E-state index contributed by atoms with van der Waals surface area (Å²) in [6, 6.07) is 11.5. The number of carbonyl (C=O) groups excluding carboxylic acids is 1. The maximum atomic E-state index is 12.4. The zero-order valence-corrected chi connectivity index (χ0v) is 16.4. The molecule has 2 heterocycles. The average Bonchev–Trinajstić information content (AvgIpc) is 2.76. The quantitative estimate of drug-likeness (QED) is 0.801. The number of fused-ring (bicyclic) bond motifs is 3. The Morgan fingerprint density at radius 2 is 1.86 bits per heavy atom. The fourth-order valence-electron chi connectivity index (χ4n) is 4.44. The number of methoxy groups -OCH3 is 3. The standard InChI is InChI=1S/C22H25NO5/c1-25-17-11-5-8-15(21(17)26-2)18-14-10-6-12-28-20(14)13-7-4-9-16(19(13)23-18)22(24)27-3/h4-5,7-9,11,14,18,20,23H,6,10,12H2,1-3H3/t14-,18-,20+/m1/s1. The van der Waals surface area contributed by atoms with Gasteiger partial charge in [0.15, 0.2) is 11.5 Å². The van der Waals surface area contributed by atoms with Gasteiger partial charge >= 0.3 is 5.97 Å². The highest BCUT2D eigenvalue weighted by Gasteiger charge is 2.42. The Kier molecular flexibility index (Phi) is 5.13. The van der Waals surface area contributed by atoms with Gasteiger partial charge in [0, 0.05) is 23.7 Å². The van der Waals surface area contributed by atoms with E-state index in [9.17, 15) is 4.79 Å². The molecule has 1 N–H and O–H groups in total. The third kappa shape index (κ3) is 2.98. The lowest BCUT2D eigenvalue weighted by molar-refractivity contribution is -0.0384. The largest absolute Gasteiger partial charge is 0.493 e. The highest BCUT2D eigenvalue weighted by molar-refractivity contribution is 5.97. The molecule has 0 aromatic heterocycles. The Morgan fingerprint density at radius 3 is 2.61 bits per heavy atom. The van der Waals surface area contributed by atoms with Gasteiger partial charge in [-0.1, -0.05) is 24.3 Å². The number of ether oxygens (including phenoxy) is 4. The second kappa shape index (κ2) is 7.72. The first kappa shape index (κ1) is 18.6. The van der Waals surface area contributed by atoms with Crippen molar-refractivity contribution in [1.29, 1.82) is 0 Å². The zero-order chi connectivity index (χ0) is 19.7. The van der Waals surface area contributed by atoms with E-state index in [0.29, 0.717) is 23.7 Å². The van der Waals surface area contributed by atoms with Crippen LogP contribution in [0.25, 0.3) is 0 Å². The van der Waals surface area contributed by atoms with Crippen LogP contribution in [-0.4, -0.2) is 33.9 Å². The van der Waals surface area contributed by atoms with Gasteiger partial charge in [-0.25, -0.2) is 4.79 Å². The maximum absolute atomic E-state index is 12.4. The van der Waals surface area contributed by atoms with Crippen LogP contribution in [0.15, 0.2) is 36.4 Å². The summed E-state index contributed by atoms with van der Waals surface area (Å²) in [4.78, 5) is 12.4. The van der Waals surface area contributed by atoms with E-state index < -0.39 is 0 Å². The monoisotopic (exact) mass is 383 g/mol. The molecule has 148 valence electrons. The van der Waals surface area contributed by atoms with Crippen LogP contribution in [0, 0.1) is 5.92 Å². The molecule has 0 bridgehead atoms. The van der Waals surface area contributed by atoms with Crippen LogP contribution >= 0.6 is 0 Å². The maximum Gasteiger partial charge on any atom is 0.339 e. The van der Waals surface area contributed by atoms with Gasteiger partial charge in [-0.15, -0.1) is 0 Å². The Morgan fingerprint density at radius 1 is 1.07 bits per heavy atom. The molecule has 28 heavy (non-hydrogen) atoms. The van der Waals surface area contributed by atoms with Crippen molar-refractivity contribution >= 4 is 11.7 Å². The first-order chi connectivity index (χ1) is 13.7. The molecule has 2 aliphatic heterocycles. The molecule has 0 saturated carbocycles. The summed E-state index contributed by atoms with van der Waals surface area (Å²) in [5, 5.41) is 3.61. The molecule has 6 nitrogen and oxygen atoms in total. The lowest BCUT2D eigenvalue weighted by Gasteiger charge is -2.44. The summed E-state index contributed by atoms with van der Waals surface area (Å²) < 4.78 is 22.4. The fraction of sp³-hybridized carbons (Fsp3) is 0.409. The summed E-state index contributed by atoms with van der Waals surface area (Å²) in [6.45, 7) is 0.713. The van der Waals surface area contributed by atoms with Gasteiger partial charge in [0.25, 0.3) is 0 Å². The molecule has 0 spiro atoms. The van der Waals surface area contributed by atoms with Gasteiger partial charge in [-0.05, 0) is 25.0 Å². The smallest absolute Gasteiger partial charge is 0.339 e. The summed E-state index contributed by atoms with van der Waals surface area (Å²) >= 11 is 0. The van der Waals surface area contributed by atoms with Crippen LogP contribution in [0.1, 0.15) is 46.5 Å². The minimum atomic E-state index is -0.366. The van der Waals surface area contributed by atoms with Crippen LogP contribution < -0.4 is 14.8 Å². The Bertz CT molecular complexity index is 881. The lowest BCUT2D eigenvalue weighted by atomic mass is 9.76. The first-order valence-electron chi connectivity index (χ1n) is 9.49. The van der Waals surface area contributed by atoms with Gasteiger partial charge in [0.05, 0.1) is 44.7 Å². The molecule has 2 aliphatic rings. The molecule has 6 heteroatoms. The number of benzene rings is 2. The molecule has 0 amide bonds. The molecule has 3 atom stereocenters. The average molecular weight is 383 g/mol. The summed E-state index contributed by atoms with van der Waals surface area (Å²) in [7, 11) is 4.67. The van der Waals surface area contributed by atoms with Crippen molar-refractivity contribution in [3.8, 4) is 11.5 Å². The van der Waals surface area contributed by atoms with E-state index in [0.717, 1.165) is 29.7 Å². The molecule has 4 rings (SSSR count). The van der Waals surface area contributed by atoms with Crippen molar-refractivity contribution in [3.05, 3.63) is 53.1 Å². The van der Waals surface area contributed by atoms with Crippen molar-refractivity contribution in [2.24, 2.45) is 5.92 Å². The van der Waals surface area contributed by atoms with Crippen LogP contribution in [-0.2, 0) is 9.47 Å². The van der Waals surface area contributed by atoms with Crippen LogP contribution in [0.5, 0.6) is 11.5 Å². The summed E-state index contributed by atoms with van der Waals surface area (Å²) in [6.07, 6.45) is 1.93. The molecular weight excluding hydrogens is 358 g/mol. The predicted molar refractivity (Wildman–Crippen MR) is 105 cm³/mol. The van der Waals surface area contributed by atoms with Gasteiger partial charge in [-0.3, -0.25) is 0 Å². The summed E-state index contributed by atoms with van der Waals surface area (Å²) in [5.41, 5.74) is 3.28. The number of nitrogens with one attached hydrogen (secondary N) is 1. The van der Waals surface area contributed by atoms with Crippen molar-refractivity contribution in [2.45, 2.75) is 25.0 Å². The number of rotatable bonds is 4. The second-order valence-corrected chi connectivity index (χ2v) is 7.06. The number of para-hydroxylation sites is 2. The van der Waals surface area contributed by atoms with Gasteiger partial charge in [-0.2, -0.15) is 0 Å². The Hall–Kier alpha value is -2.73. The second-order valence-electron chi connectivity index (χ2n) is 7.06. The molecule has 0 unspecified atom stereocenters. The molecule has 0 radical (unpaired) electrons. The number of anilines is 1. The van der Waals surface area contributed by atoms with E-state index >= 15 is 0 Å². The van der Waals surface area contributed by atoms with Gasteiger partial charge in [0.2, 0.25) is 0 Å². The van der Waals surface area contributed by atoms with Crippen molar-refractivity contribution in [1.82, 2.24) is 0 Å². The van der Waals surface area contributed by atoms with Gasteiger partial charge in [0.1, 0.15) is 0 Å².